The van der Waals surface area contributed by atoms with Gasteiger partial charge in [0.1, 0.15) is 11.8 Å². The molecule has 0 bridgehead atoms. The Balaban J connectivity index is 1.89. The van der Waals surface area contributed by atoms with Gasteiger partial charge in [0.25, 0.3) is 0 Å². The SMILES string of the molecule is CCS(=O)(=O)Nc1cccc(C2=NN(C(C)=O)[C@H](c3ccco3)C2)c1. The molecule has 0 saturated heterocycles. The number of sulfonamides is 1. The number of anilines is 1. The van der Waals surface area contributed by atoms with Crippen molar-refractivity contribution < 1.29 is 17.6 Å². The van der Waals surface area contributed by atoms with Crippen molar-refractivity contribution in [2.45, 2.75) is 26.3 Å². The summed E-state index contributed by atoms with van der Waals surface area (Å²) in [4.78, 5) is 11.9. The fourth-order valence-corrected chi connectivity index (χ4v) is 3.32. The summed E-state index contributed by atoms with van der Waals surface area (Å²) in [7, 11) is -3.35. The zero-order valence-corrected chi connectivity index (χ0v) is 14.8. The molecule has 0 saturated carbocycles. The lowest BCUT2D eigenvalue weighted by atomic mass is 10.0. The Labute approximate surface area is 146 Å². The minimum Gasteiger partial charge on any atom is -0.467 e. The number of hydrogen-bond acceptors (Lipinski definition) is 5. The summed E-state index contributed by atoms with van der Waals surface area (Å²) in [6, 6.07) is 10.3. The van der Waals surface area contributed by atoms with Gasteiger partial charge in [-0.3, -0.25) is 9.52 Å². The Morgan fingerprint density at radius 2 is 2.16 bits per heavy atom. The number of nitrogens with one attached hydrogen (secondary N) is 1. The first-order chi connectivity index (χ1) is 11.9. The van der Waals surface area contributed by atoms with Crippen molar-refractivity contribution in [3.05, 3.63) is 54.0 Å². The fourth-order valence-electron chi connectivity index (χ4n) is 2.69. The smallest absolute Gasteiger partial charge is 0.240 e. The highest BCUT2D eigenvalue weighted by Crippen LogP contribution is 2.33. The van der Waals surface area contributed by atoms with Gasteiger partial charge in [-0.15, -0.1) is 0 Å². The first-order valence-corrected chi connectivity index (χ1v) is 9.56. The summed E-state index contributed by atoms with van der Waals surface area (Å²) < 4.78 is 31.4. The van der Waals surface area contributed by atoms with Crippen LogP contribution in [-0.4, -0.2) is 30.8 Å². The second-order valence-corrected chi connectivity index (χ2v) is 7.74. The standard InChI is InChI=1S/C17H19N3O4S/c1-3-25(22,23)19-14-7-4-6-13(10-14)15-11-16(17-8-5-9-24-17)20(18-15)12(2)21/h4-10,16,19H,3,11H2,1-2H3/t16-/m0/s1. The molecule has 1 aliphatic heterocycles. The Bertz CT molecular complexity index is 904. The molecule has 1 N–H and O–H groups in total. The minimum atomic E-state index is -3.35. The van der Waals surface area contributed by atoms with E-state index in [1.54, 1.807) is 37.5 Å². The number of nitrogens with zero attached hydrogens (tertiary/aromatic N) is 2. The van der Waals surface area contributed by atoms with Gasteiger partial charge in [0.2, 0.25) is 15.9 Å². The molecule has 0 unspecified atom stereocenters. The molecule has 8 heteroatoms. The van der Waals surface area contributed by atoms with E-state index in [0.29, 0.717) is 23.6 Å². The number of benzene rings is 1. The zero-order chi connectivity index (χ0) is 18.0. The van der Waals surface area contributed by atoms with E-state index in [1.807, 2.05) is 12.1 Å². The summed E-state index contributed by atoms with van der Waals surface area (Å²) in [5.74, 6) is 0.479. The van der Waals surface area contributed by atoms with Gasteiger partial charge in [0.05, 0.1) is 17.7 Å². The Kier molecular flexibility index (Phi) is 4.63. The van der Waals surface area contributed by atoms with Gasteiger partial charge in [0, 0.05) is 19.0 Å². The van der Waals surface area contributed by atoms with Crippen LogP contribution in [0.15, 0.2) is 52.2 Å². The first-order valence-electron chi connectivity index (χ1n) is 7.91. The fraction of sp³-hybridized carbons (Fsp3) is 0.294. The molecule has 132 valence electrons. The van der Waals surface area contributed by atoms with Crippen LogP contribution >= 0.6 is 0 Å². The van der Waals surface area contributed by atoms with Crippen LogP contribution in [0.5, 0.6) is 0 Å². The maximum atomic E-state index is 11.9. The Hall–Kier alpha value is -2.61. The van der Waals surface area contributed by atoms with Crippen LogP contribution in [0.4, 0.5) is 5.69 Å². The molecule has 0 fully saturated rings. The predicted molar refractivity (Wildman–Crippen MR) is 94.6 cm³/mol. The summed E-state index contributed by atoms with van der Waals surface area (Å²) in [6.07, 6.45) is 2.06. The van der Waals surface area contributed by atoms with E-state index in [9.17, 15) is 13.2 Å². The third-order valence-corrected chi connectivity index (χ3v) is 5.26. The highest BCUT2D eigenvalue weighted by Gasteiger charge is 2.33. The van der Waals surface area contributed by atoms with Gasteiger partial charge in [-0.1, -0.05) is 12.1 Å². The van der Waals surface area contributed by atoms with Crippen molar-refractivity contribution in [3.63, 3.8) is 0 Å². The number of furan rings is 1. The highest BCUT2D eigenvalue weighted by atomic mass is 32.2. The van der Waals surface area contributed by atoms with Gasteiger partial charge < -0.3 is 4.42 Å². The third kappa shape index (κ3) is 3.74. The average molecular weight is 361 g/mol. The molecule has 0 spiro atoms. The van der Waals surface area contributed by atoms with Gasteiger partial charge in [0.15, 0.2) is 0 Å². The van der Waals surface area contributed by atoms with E-state index in [4.69, 9.17) is 4.42 Å². The van der Waals surface area contributed by atoms with E-state index in [2.05, 4.69) is 9.82 Å². The van der Waals surface area contributed by atoms with Gasteiger partial charge in [-0.05, 0) is 36.8 Å². The maximum absolute atomic E-state index is 11.9. The van der Waals surface area contributed by atoms with E-state index >= 15 is 0 Å². The second kappa shape index (κ2) is 6.72. The molecular formula is C17H19N3O4S. The topological polar surface area (TPSA) is 92.0 Å². The number of hydrazone groups is 1. The normalized spacial score (nSPS) is 17.4. The number of carbonyl (C=O) groups excluding carboxylic acids is 1. The van der Waals surface area contributed by atoms with E-state index in [1.165, 1.54) is 11.9 Å². The summed E-state index contributed by atoms with van der Waals surface area (Å²) >= 11 is 0. The molecule has 25 heavy (non-hydrogen) atoms. The Morgan fingerprint density at radius 3 is 2.80 bits per heavy atom. The minimum absolute atomic E-state index is 0.00312. The van der Waals surface area contributed by atoms with Gasteiger partial charge in [-0.25, -0.2) is 13.4 Å². The molecule has 1 amide bonds. The molecule has 1 atom stereocenters. The molecule has 0 aliphatic carbocycles. The lowest BCUT2D eigenvalue weighted by Gasteiger charge is -2.17. The first kappa shape index (κ1) is 17.2. The van der Waals surface area contributed by atoms with E-state index < -0.39 is 10.0 Å². The number of rotatable bonds is 5. The molecular weight excluding hydrogens is 342 g/mol. The van der Waals surface area contributed by atoms with Gasteiger partial charge in [-0.2, -0.15) is 5.10 Å². The van der Waals surface area contributed by atoms with Crippen molar-refractivity contribution in [3.8, 4) is 0 Å². The van der Waals surface area contributed by atoms with Crippen LogP contribution in [-0.2, 0) is 14.8 Å². The van der Waals surface area contributed by atoms with Crippen LogP contribution in [0, 0.1) is 0 Å². The molecule has 2 aromatic rings. The summed E-state index contributed by atoms with van der Waals surface area (Å²) in [5.41, 5.74) is 1.93. The molecule has 1 aromatic carbocycles. The van der Waals surface area contributed by atoms with Crippen molar-refractivity contribution in [1.82, 2.24) is 5.01 Å². The van der Waals surface area contributed by atoms with Crippen LogP contribution < -0.4 is 4.72 Å². The molecule has 3 rings (SSSR count). The van der Waals surface area contributed by atoms with E-state index in [0.717, 1.165) is 5.56 Å². The van der Waals surface area contributed by atoms with Crippen molar-refractivity contribution in [2.24, 2.45) is 5.10 Å². The summed E-state index contributed by atoms with van der Waals surface area (Å²) in [6.45, 7) is 3.03. The third-order valence-electron chi connectivity index (χ3n) is 3.95. The molecule has 2 heterocycles. The van der Waals surface area contributed by atoms with Crippen molar-refractivity contribution in [1.29, 1.82) is 0 Å². The van der Waals surface area contributed by atoms with Crippen molar-refractivity contribution in [2.75, 3.05) is 10.5 Å². The molecule has 1 aliphatic rings. The average Bonchev–Trinajstić information content (AvgIpc) is 3.24. The van der Waals surface area contributed by atoms with Crippen molar-refractivity contribution >= 4 is 27.3 Å². The van der Waals surface area contributed by atoms with Crippen LogP contribution in [0.1, 0.15) is 37.6 Å². The largest absolute Gasteiger partial charge is 0.467 e. The number of amides is 1. The molecule has 1 aromatic heterocycles. The predicted octanol–water partition coefficient (Wildman–Crippen LogP) is 2.74. The monoisotopic (exact) mass is 361 g/mol. The summed E-state index contributed by atoms with van der Waals surface area (Å²) in [5, 5.41) is 5.82. The van der Waals surface area contributed by atoms with Crippen LogP contribution in [0.25, 0.3) is 0 Å². The maximum Gasteiger partial charge on any atom is 0.240 e. The Morgan fingerprint density at radius 1 is 1.36 bits per heavy atom. The lowest BCUT2D eigenvalue weighted by molar-refractivity contribution is -0.130. The number of hydrogen-bond donors (Lipinski definition) is 1. The molecule has 0 radical (unpaired) electrons. The highest BCUT2D eigenvalue weighted by molar-refractivity contribution is 7.92. The second-order valence-electron chi connectivity index (χ2n) is 5.73. The zero-order valence-electron chi connectivity index (χ0n) is 14.0. The number of carbonyl (C=O) groups is 1. The quantitative estimate of drug-likeness (QED) is 0.886. The molecule has 7 nitrogen and oxygen atoms in total. The van der Waals surface area contributed by atoms with Crippen LogP contribution in [0.3, 0.4) is 0 Å². The van der Waals surface area contributed by atoms with Crippen LogP contribution in [0.2, 0.25) is 0 Å². The van der Waals surface area contributed by atoms with E-state index in [-0.39, 0.29) is 17.7 Å². The van der Waals surface area contributed by atoms with Gasteiger partial charge >= 0.3 is 0 Å². The lowest BCUT2D eigenvalue weighted by Crippen LogP contribution is -2.23.